The lowest BCUT2D eigenvalue weighted by atomic mass is 10.1. The molecule has 3 nitrogen and oxygen atoms in total. The van der Waals surface area contributed by atoms with E-state index in [9.17, 15) is 0 Å². The predicted molar refractivity (Wildman–Crippen MR) is 110 cm³/mol. The second-order valence-corrected chi connectivity index (χ2v) is 7.04. The number of ether oxygens (including phenoxy) is 2. The molecule has 0 aromatic heterocycles. The van der Waals surface area contributed by atoms with Crippen LogP contribution in [-0.2, 0) is 13.2 Å². The van der Waals surface area contributed by atoms with Gasteiger partial charge in [0.05, 0.1) is 7.11 Å². The summed E-state index contributed by atoms with van der Waals surface area (Å²) in [4.78, 5) is 0. The van der Waals surface area contributed by atoms with E-state index in [1.807, 2.05) is 36.4 Å². The summed E-state index contributed by atoms with van der Waals surface area (Å²) in [5.74, 6) is 1.49. The molecule has 3 aromatic carbocycles. The van der Waals surface area contributed by atoms with Gasteiger partial charge in [-0.15, -0.1) is 0 Å². The molecule has 0 atom stereocenters. The van der Waals surface area contributed by atoms with Crippen LogP contribution in [-0.4, -0.2) is 7.11 Å². The fourth-order valence-electron chi connectivity index (χ4n) is 2.56. The Morgan fingerprint density at radius 1 is 0.846 bits per heavy atom. The molecule has 26 heavy (non-hydrogen) atoms. The molecule has 0 aliphatic carbocycles. The molecule has 0 unspecified atom stereocenters. The van der Waals surface area contributed by atoms with Crippen LogP contribution in [0.4, 0.5) is 5.69 Å². The van der Waals surface area contributed by atoms with Gasteiger partial charge in [-0.3, -0.25) is 0 Å². The van der Waals surface area contributed by atoms with Crippen LogP contribution in [0, 0.1) is 6.92 Å². The number of rotatable bonds is 7. The number of methoxy groups -OCH3 is 1. The van der Waals surface area contributed by atoms with E-state index in [0.29, 0.717) is 6.61 Å². The summed E-state index contributed by atoms with van der Waals surface area (Å²) < 4.78 is 12.5. The van der Waals surface area contributed by atoms with E-state index in [0.717, 1.165) is 39.3 Å². The van der Waals surface area contributed by atoms with Crippen molar-refractivity contribution in [2.45, 2.75) is 20.1 Å². The van der Waals surface area contributed by atoms with Gasteiger partial charge in [-0.05, 0) is 54.4 Å². The first-order valence-corrected chi connectivity index (χ1v) is 9.28. The summed E-state index contributed by atoms with van der Waals surface area (Å²) in [6.07, 6.45) is 0. The Hall–Kier alpha value is -2.46. The Morgan fingerprint density at radius 3 is 2.23 bits per heavy atom. The van der Waals surface area contributed by atoms with Crippen molar-refractivity contribution >= 4 is 21.6 Å². The van der Waals surface area contributed by atoms with Crippen LogP contribution in [0.15, 0.2) is 71.2 Å². The molecular formula is C22H22BrNO2. The fourth-order valence-corrected chi connectivity index (χ4v) is 2.82. The van der Waals surface area contributed by atoms with Crippen LogP contribution in [0.1, 0.15) is 16.7 Å². The molecule has 3 aromatic rings. The second-order valence-electron chi connectivity index (χ2n) is 6.12. The molecule has 0 aliphatic heterocycles. The maximum atomic E-state index is 5.93. The molecule has 3 rings (SSSR count). The zero-order valence-corrected chi connectivity index (χ0v) is 16.5. The van der Waals surface area contributed by atoms with Gasteiger partial charge in [-0.25, -0.2) is 0 Å². The molecule has 0 bridgehead atoms. The highest BCUT2D eigenvalue weighted by atomic mass is 79.9. The van der Waals surface area contributed by atoms with Gasteiger partial charge < -0.3 is 14.8 Å². The molecule has 0 spiro atoms. The summed E-state index contributed by atoms with van der Waals surface area (Å²) >= 11 is 3.45. The Morgan fingerprint density at radius 2 is 1.54 bits per heavy atom. The van der Waals surface area contributed by atoms with E-state index in [1.165, 1.54) is 5.56 Å². The van der Waals surface area contributed by atoms with Gasteiger partial charge in [0.15, 0.2) is 11.5 Å². The van der Waals surface area contributed by atoms with Crippen molar-refractivity contribution in [3.8, 4) is 11.5 Å². The minimum absolute atomic E-state index is 0.521. The van der Waals surface area contributed by atoms with E-state index < -0.39 is 0 Å². The first kappa shape index (κ1) is 18.3. The molecule has 0 radical (unpaired) electrons. The highest BCUT2D eigenvalue weighted by molar-refractivity contribution is 9.10. The lowest BCUT2D eigenvalue weighted by molar-refractivity contribution is 0.284. The lowest BCUT2D eigenvalue weighted by Gasteiger charge is -2.13. The van der Waals surface area contributed by atoms with E-state index >= 15 is 0 Å². The smallest absolute Gasteiger partial charge is 0.161 e. The Balaban J connectivity index is 1.63. The molecule has 0 saturated heterocycles. The third-order valence-electron chi connectivity index (χ3n) is 4.08. The monoisotopic (exact) mass is 411 g/mol. The van der Waals surface area contributed by atoms with Crippen LogP contribution < -0.4 is 14.8 Å². The third-order valence-corrected chi connectivity index (χ3v) is 4.61. The Kier molecular flexibility index (Phi) is 6.18. The van der Waals surface area contributed by atoms with Gasteiger partial charge >= 0.3 is 0 Å². The normalized spacial score (nSPS) is 10.4. The summed E-state index contributed by atoms with van der Waals surface area (Å²) in [5, 5.41) is 3.40. The van der Waals surface area contributed by atoms with Gasteiger partial charge in [0.25, 0.3) is 0 Å². The maximum absolute atomic E-state index is 5.93. The summed E-state index contributed by atoms with van der Waals surface area (Å²) in [5.41, 5.74) is 4.59. The van der Waals surface area contributed by atoms with Crippen molar-refractivity contribution in [2.75, 3.05) is 12.4 Å². The summed E-state index contributed by atoms with van der Waals surface area (Å²) in [6.45, 7) is 3.32. The number of nitrogens with one attached hydrogen (secondary N) is 1. The molecular weight excluding hydrogens is 390 g/mol. The average Bonchev–Trinajstić information content (AvgIpc) is 2.67. The number of hydrogen-bond donors (Lipinski definition) is 1. The molecule has 4 heteroatoms. The van der Waals surface area contributed by atoms with Crippen molar-refractivity contribution in [1.82, 2.24) is 0 Å². The molecule has 134 valence electrons. The Bertz CT molecular complexity index is 845. The van der Waals surface area contributed by atoms with Gasteiger partial charge in [0, 0.05) is 16.7 Å². The molecule has 0 heterocycles. The van der Waals surface area contributed by atoms with E-state index in [4.69, 9.17) is 9.47 Å². The minimum atomic E-state index is 0.521. The number of benzene rings is 3. The predicted octanol–water partition coefficient (Wildman–Crippen LogP) is 5.96. The second kappa shape index (κ2) is 8.77. The average molecular weight is 412 g/mol. The lowest BCUT2D eigenvalue weighted by Crippen LogP contribution is -2.01. The van der Waals surface area contributed by atoms with Crippen LogP contribution in [0.25, 0.3) is 0 Å². The van der Waals surface area contributed by atoms with E-state index in [2.05, 4.69) is 58.5 Å². The van der Waals surface area contributed by atoms with E-state index in [-0.39, 0.29) is 0 Å². The summed E-state index contributed by atoms with van der Waals surface area (Å²) in [6, 6.07) is 22.5. The quantitative estimate of drug-likeness (QED) is 0.520. The van der Waals surface area contributed by atoms with Crippen molar-refractivity contribution in [1.29, 1.82) is 0 Å². The van der Waals surface area contributed by atoms with Gasteiger partial charge in [-0.2, -0.15) is 0 Å². The first-order valence-electron chi connectivity index (χ1n) is 8.49. The first-order chi connectivity index (χ1) is 12.6. The zero-order chi connectivity index (χ0) is 18.4. The number of anilines is 1. The van der Waals surface area contributed by atoms with Crippen LogP contribution in [0.2, 0.25) is 0 Å². The highest BCUT2D eigenvalue weighted by Gasteiger charge is 2.06. The fraction of sp³-hybridized carbons (Fsp3) is 0.182. The SMILES string of the molecule is COc1cc(CNc2ccc(Br)cc2)ccc1OCc1ccc(C)cc1. The van der Waals surface area contributed by atoms with E-state index in [1.54, 1.807) is 7.11 Å². The van der Waals surface area contributed by atoms with Crippen molar-refractivity contribution < 1.29 is 9.47 Å². The number of aryl methyl sites for hydroxylation is 1. The van der Waals surface area contributed by atoms with Gasteiger partial charge in [-0.1, -0.05) is 51.8 Å². The number of halogens is 1. The standard InChI is InChI=1S/C22H22BrNO2/c1-16-3-5-17(6-4-16)15-26-21-12-7-18(13-22(21)25-2)14-24-20-10-8-19(23)9-11-20/h3-13,24H,14-15H2,1-2H3. The molecule has 0 saturated carbocycles. The van der Waals surface area contributed by atoms with Crippen LogP contribution in [0.5, 0.6) is 11.5 Å². The highest BCUT2D eigenvalue weighted by Crippen LogP contribution is 2.29. The topological polar surface area (TPSA) is 30.5 Å². The summed E-state index contributed by atoms with van der Waals surface area (Å²) in [7, 11) is 1.67. The third kappa shape index (κ3) is 5.02. The van der Waals surface area contributed by atoms with Crippen LogP contribution in [0.3, 0.4) is 0 Å². The van der Waals surface area contributed by atoms with Gasteiger partial charge in [0.1, 0.15) is 6.61 Å². The van der Waals surface area contributed by atoms with Gasteiger partial charge in [0.2, 0.25) is 0 Å². The molecule has 1 N–H and O–H groups in total. The van der Waals surface area contributed by atoms with Crippen LogP contribution >= 0.6 is 15.9 Å². The Labute approximate surface area is 163 Å². The van der Waals surface area contributed by atoms with Crippen molar-refractivity contribution in [3.63, 3.8) is 0 Å². The maximum Gasteiger partial charge on any atom is 0.161 e. The number of hydrogen-bond acceptors (Lipinski definition) is 3. The zero-order valence-electron chi connectivity index (χ0n) is 15.0. The molecule has 0 amide bonds. The molecule has 0 fully saturated rings. The van der Waals surface area contributed by atoms with Crippen molar-refractivity contribution in [2.24, 2.45) is 0 Å². The minimum Gasteiger partial charge on any atom is -0.493 e. The molecule has 0 aliphatic rings. The largest absolute Gasteiger partial charge is 0.493 e. The van der Waals surface area contributed by atoms with Crippen molar-refractivity contribution in [3.05, 3.63) is 87.9 Å².